The maximum atomic E-state index is 11.8. The van der Waals surface area contributed by atoms with Gasteiger partial charge in [-0.3, -0.25) is 4.79 Å². The Kier molecular flexibility index (Phi) is 13.0. The Bertz CT molecular complexity index is 890. The molecule has 0 atom stereocenters. The molecule has 0 aliphatic heterocycles. The van der Waals surface area contributed by atoms with Crippen LogP contribution in [-0.2, 0) is 14.1 Å². The monoisotopic (exact) mass is 604 g/mol. The number of aryl methyl sites for hydroxylation is 2. The van der Waals surface area contributed by atoms with Crippen LogP contribution in [-0.4, -0.2) is 17.3 Å². The summed E-state index contributed by atoms with van der Waals surface area (Å²) in [4.78, 5) is 11.8. The third-order valence-electron chi connectivity index (χ3n) is 3.52. The van der Waals surface area contributed by atoms with Gasteiger partial charge in [0.1, 0.15) is 25.9 Å². The van der Waals surface area contributed by atoms with E-state index in [0.29, 0.717) is 5.56 Å². The van der Waals surface area contributed by atoms with Gasteiger partial charge in [-0.2, -0.15) is 0 Å². The Morgan fingerprint density at radius 1 is 0.964 bits per heavy atom. The lowest BCUT2D eigenvalue weighted by Gasteiger charge is -2.03. The van der Waals surface area contributed by atoms with Crippen molar-refractivity contribution < 1.29 is 67.1 Å². The van der Waals surface area contributed by atoms with E-state index in [1.54, 1.807) is 12.3 Å². The van der Waals surface area contributed by atoms with Gasteiger partial charge in [0.05, 0.1) is 0 Å². The van der Waals surface area contributed by atoms with Crippen LogP contribution in [0, 0.1) is 0 Å². The highest BCUT2D eigenvalue weighted by atomic mass is 127. The molecule has 0 fully saturated rings. The Balaban J connectivity index is 0.000000532. The first kappa shape index (κ1) is 25.9. The second-order valence-corrected chi connectivity index (χ2v) is 5.56. The van der Waals surface area contributed by atoms with Gasteiger partial charge in [-0.1, -0.05) is 23.4 Å². The Morgan fingerprint density at radius 2 is 1.64 bits per heavy atom. The number of benzene rings is 1. The predicted octanol–water partition coefficient (Wildman–Crippen LogP) is -3.91. The molecule has 148 valence electrons. The first-order chi connectivity index (χ1) is 12.6. The number of anilines is 1. The second-order valence-electron chi connectivity index (χ2n) is 5.56. The maximum Gasteiger partial charge on any atom is 0.261 e. The lowest BCUT2D eigenvalue weighted by molar-refractivity contribution is -0.672. The van der Waals surface area contributed by atoms with Crippen molar-refractivity contribution in [3.8, 4) is 0 Å². The second kappa shape index (κ2) is 14.0. The number of hydrogen-bond acceptors (Lipinski definition) is 3. The van der Waals surface area contributed by atoms with Gasteiger partial charge < -0.3 is 58.5 Å². The van der Waals surface area contributed by atoms with E-state index in [-0.39, 0.29) is 53.9 Å². The van der Waals surface area contributed by atoms with Crippen LogP contribution in [0.25, 0.3) is 0 Å². The molecule has 1 aromatic carbocycles. The summed E-state index contributed by atoms with van der Waals surface area (Å²) in [6, 6.07) is 18.7. The number of nitrogens with zero attached hydrogens (tertiary/aromatic N) is 3. The zero-order valence-corrected chi connectivity index (χ0v) is 19.9. The quantitative estimate of drug-likeness (QED) is 0.106. The van der Waals surface area contributed by atoms with Gasteiger partial charge in [0.25, 0.3) is 5.91 Å². The molecule has 0 aliphatic carbocycles. The summed E-state index contributed by atoms with van der Waals surface area (Å²) < 4.78 is 3.71. The maximum absolute atomic E-state index is 11.8. The van der Waals surface area contributed by atoms with Crippen molar-refractivity contribution in [1.29, 1.82) is 0 Å². The van der Waals surface area contributed by atoms with Crippen molar-refractivity contribution in [2.75, 3.05) is 5.32 Å². The zero-order valence-electron chi connectivity index (χ0n) is 15.5. The van der Waals surface area contributed by atoms with Gasteiger partial charge in [0.2, 0.25) is 5.69 Å². The average Bonchev–Trinajstić information content (AvgIpc) is 2.65. The number of carbonyl (C=O) groups excluding carboxylic acids is 1. The molecule has 0 saturated heterocycles. The van der Waals surface area contributed by atoms with Crippen molar-refractivity contribution in [2.24, 2.45) is 19.3 Å². The van der Waals surface area contributed by atoms with Crippen molar-refractivity contribution >= 4 is 17.8 Å². The summed E-state index contributed by atoms with van der Waals surface area (Å²) in [5, 5.41) is 14.0. The standard InChI is InChI=1S/C13H12N2O.C7H8N2O.2HI/c1-15-9-5-6-11(10-15)13(16)14-12-7-3-2-4-8-12;1-9-5-3-2-4-7(9)6-8-10;;/h2-10H,1H3;2-6H,1H3;2*1H. The van der Waals surface area contributed by atoms with E-state index in [2.05, 4.69) is 10.5 Å². The number of aromatic nitrogens is 2. The van der Waals surface area contributed by atoms with Crippen LogP contribution in [0.3, 0.4) is 0 Å². The number of amides is 1. The fraction of sp³-hybridized carbons (Fsp3) is 0.100. The summed E-state index contributed by atoms with van der Waals surface area (Å²) in [6.07, 6.45) is 6.95. The Morgan fingerprint density at radius 3 is 2.25 bits per heavy atom. The minimum Gasteiger partial charge on any atom is -1.00 e. The minimum atomic E-state index is -0.0950. The highest BCUT2D eigenvalue weighted by molar-refractivity contribution is 6.03. The van der Waals surface area contributed by atoms with Crippen LogP contribution in [0.15, 0.2) is 84.4 Å². The SMILES string of the molecule is C[n+]1cccc(C(=O)Nc2ccccc2)c1.C[n+]1ccccc1C=NO.[I-].[I-]. The van der Waals surface area contributed by atoms with Gasteiger partial charge >= 0.3 is 0 Å². The van der Waals surface area contributed by atoms with E-state index in [0.717, 1.165) is 11.4 Å². The number of pyridine rings is 2. The molecule has 1 amide bonds. The number of rotatable bonds is 3. The smallest absolute Gasteiger partial charge is 0.261 e. The topological polar surface area (TPSA) is 69.5 Å². The molecule has 0 unspecified atom stereocenters. The van der Waals surface area contributed by atoms with Crippen molar-refractivity contribution in [3.63, 3.8) is 0 Å². The molecule has 0 saturated carbocycles. The Labute approximate surface area is 199 Å². The van der Waals surface area contributed by atoms with Crippen LogP contribution >= 0.6 is 0 Å². The average molecular weight is 604 g/mol. The van der Waals surface area contributed by atoms with Crippen molar-refractivity contribution in [3.05, 3.63) is 90.5 Å². The number of nitrogens with one attached hydrogen (secondary N) is 1. The van der Waals surface area contributed by atoms with E-state index >= 15 is 0 Å². The lowest BCUT2D eigenvalue weighted by atomic mass is 10.2. The highest BCUT2D eigenvalue weighted by Gasteiger charge is 2.08. The van der Waals surface area contributed by atoms with Crippen molar-refractivity contribution in [1.82, 2.24) is 0 Å². The molecule has 2 heterocycles. The summed E-state index contributed by atoms with van der Waals surface area (Å²) in [7, 11) is 3.77. The third kappa shape index (κ3) is 8.74. The molecule has 0 radical (unpaired) electrons. The van der Waals surface area contributed by atoms with Crippen LogP contribution in [0.1, 0.15) is 16.1 Å². The van der Waals surface area contributed by atoms with Gasteiger partial charge in [-0.05, 0) is 24.3 Å². The molecule has 2 aromatic heterocycles. The number of oxime groups is 1. The van der Waals surface area contributed by atoms with Gasteiger partial charge in [0.15, 0.2) is 18.6 Å². The molecule has 3 rings (SSSR count). The first-order valence-corrected chi connectivity index (χ1v) is 8.04. The van der Waals surface area contributed by atoms with E-state index < -0.39 is 0 Å². The summed E-state index contributed by atoms with van der Waals surface area (Å²) in [5.74, 6) is -0.0950. The van der Waals surface area contributed by atoms with Crippen LogP contribution in [0.4, 0.5) is 5.69 Å². The molecule has 0 aliphatic rings. The highest BCUT2D eigenvalue weighted by Crippen LogP contribution is 2.07. The number of carbonyl (C=O) groups is 1. The largest absolute Gasteiger partial charge is 1.00 e. The van der Waals surface area contributed by atoms with Crippen molar-refractivity contribution in [2.45, 2.75) is 0 Å². The number of hydrogen-bond donors (Lipinski definition) is 2. The van der Waals surface area contributed by atoms with E-state index in [1.165, 1.54) is 6.21 Å². The number of para-hydroxylation sites is 1. The molecule has 2 N–H and O–H groups in total. The fourth-order valence-corrected chi connectivity index (χ4v) is 2.18. The molecule has 0 spiro atoms. The molecule has 3 aromatic rings. The zero-order chi connectivity index (χ0) is 18.8. The van der Waals surface area contributed by atoms with Crippen LogP contribution in [0.2, 0.25) is 0 Å². The molecule has 8 heteroatoms. The van der Waals surface area contributed by atoms with Crippen LogP contribution < -0.4 is 62.4 Å². The van der Waals surface area contributed by atoms with Gasteiger partial charge in [0, 0.05) is 23.9 Å². The molecular weight excluding hydrogens is 582 g/mol. The van der Waals surface area contributed by atoms with Gasteiger partial charge in [-0.25, -0.2) is 9.13 Å². The first-order valence-electron chi connectivity index (χ1n) is 8.04. The van der Waals surface area contributed by atoms with E-state index in [4.69, 9.17) is 5.21 Å². The molecule has 0 bridgehead atoms. The number of halogens is 2. The lowest BCUT2D eigenvalue weighted by Crippen LogP contribution is -3.00. The third-order valence-corrected chi connectivity index (χ3v) is 3.52. The summed E-state index contributed by atoms with van der Waals surface area (Å²) in [5.41, 5.74) is 2.32. The molecule has 6 nitrogen and oxygen atoms in total. The fourth-order valence-electron chi connectivity index (χ4n) is 2.18. The van der Waals surface area contributed by atoms with E-state index in [9.17, 15) is 4.79 Å². The summed E-state index contributed by atoms with van der Waals surface area (Å²) >= 11 is 0. The Hall–Kier alpha value is -2.08. The van der Waals surface area contributed by atoms with Gasteiger partial charge in [-0.15, -0.1) is 0 Å². The summed E-state index contributed by atoms with van der Waals surface area (Å²) in [6.45, 7) is 0. The molecule has 28 heavy (non-hydrogen) atoms. The molecular formula is C20H22I2N4O2. The van der Waals surface area contributed by atoms with E-state index in [1.807, 2.05) is 90.2 Å². The normalized spacial score (nSPS) is 9.36. The minimum absolute atomic E-state index is 0. The van der Waals surface area contributed by atoms with Crippen LogP contribution in [0.5, 0.6) is 0 Å². The predicted molar refractivity (Wildman–Crippen MR) is 99.0 cm³/mol.